The van der Waals surface area contributed by atoms with Crippen LogP contribution in [0.2, 0.25) is 0 Å². The van der Waals surface area contributed by atoms with E-state index in [9.17, 15) is 0 Å². The second kappa shape index (κ2) is 5.59. The third kappa shape index (κ3) is 2.72. The monoisotopic (exact) mass is 261 g/mol. The van der Waals surface area contributed by atoms with E-state index in [4.69, 9.17) is 19.7 Å². The molecule has 2 aliphatic rings. The summed E-state index contributed by atoms with van der Waals surface area (Å²) in [6, 6.07) is 9.52. The van der Waals surface area contributed by atoms with E-state index in [2.05, 4.69) is 10.0 Å². The van der Waals surface area contributed by atoms with Crippen LogP contribution in [0, 0.1) is 0 Å². The van der Waals surface area contributed by atoms with Gasteiger partial charge >= 0.3 is 0 Å². The first-order valence-electron chi connectivity index (χ1n) is 6.33. The molecule has 0 saturated carbocycles. The van der Waals surface area contributed by atoms with Crippen molar-refractivity contribution in [2.75, 3.05) is 6.61 Å². The Labute approximate surface area is 110 Å². The van der Waals surface area contributed by atoms with Gasteiger partial charge < -0.3 is 14.2 Å². The van der Waals surface area contributed by atoms with Crippen molar-refractivity contribution >= 4 is 0 Å². The van der Waals surface area contributed by atoms with Gasteiger partial charge in [-0.15, -0.1) is 0 Å². The predicted octanol–water partition coefficient (Wildman–Crippen LogP) is 2.40. The third-order valence-corrected chi connectivity index (χ3v) is 3.42. The summed E-state index contributed by atoms with van der Waals surface area (Å²) in [5, 5.41) is 3.76. The maximum atomic E-state index is 8.64. The second-order valence-corrected chi connectivity index (χ2v) is 4.73. The van der Waals surface area contributed by atoms with E-state index < -0.39 is 12.3 Å². The molecule has 0 unspecified atom stereocenters. The minimum Gasteiger partial charge on any atom is -0.373 e. The molecule has 0 aromatic heterocycles. The van der Waals surface area contributed by atoms with Gasteiger partial charge in [0, 0.05) is 11.3 Å². The molecule has 0 N–H and O–H groups in total. The Morgan fingerprint density at radius 2 is 2.21 bits per heavy atom. The smallest absolute Gasteiger partial charge is 0.169 e. The van der Waals surface area contributed by atoms with Crippen LogP contribution >= 0.6 is 0 Å². The molecular weight excluding hydrogens is 246 g/mol. The van der Waals surface area contributed by atoms with Crippen LogP contribution in [0.15, 0.2) is 35.4 Å². The molecule has 100 valence electrons. The standard InChI is InChI=1S/C13H15N3O3/c14-16-15-12-11(6-10-8-18-13(12)19-10)17-7-9-4-2-1-3-5-9/h1-5,10-13H,6-8H2/t10-,11-,12+,13+/m0/s1. The summed E-state index contributed by atoms with van der Waals surface area (Å²) in [6.45, 7) is 1.05. The Bertz CT molecular complexity index is 475. The fraction of sp³-hybridized carbons (Fsp3) is 0.538. The molecule has 2 aliphatic heterocycles. The van der Waals surface area contributed by atoms with Crippen molar-refractivity contribution in [3.63, 3.8) is 0 Å². The Kier molecular flexibility index (Phi) is 3.66. The minimum atomic E-state index is -0.463. The maximum Gasteiger partial charge on any atom is 0.169 e. The van der Waals surface area contributed by atoms with Gasteiger partial charge in [0.1, 0.15) is 6.04 Å². The lowest BCUT2D eigenvalue weighted by Crippen LogP contribution is -2.44. The van der Waals surface area contributed by atoms with Crippen molar-refractivity contribution in [3.05, 3.63) is 46.3 Å². The van der Waals surface area contributed by atoms with E-state index >= 15 is 0 Å². The number of hydrogen-bond donors (Lipinski definition) is 0. The van der Waals surface area contributed by atoms with Gasteiger partial charge in [0.15, 0.2) is 6.29 Å². The highest BCUT2D eigenvalue weighted by atomic mass is 16.7. The lowest BCUT2D eigenvalue weighted by molar-refractivity contribution is -0.147. The average Bonchev–Trinajstić information content (AvgIpc) is 2.84. The van der Waals surface area contributed by atoms with Crippen LogP contribution in [0.5, 0.6) is 0 Å². The first-order chi connectivity index (χ1) is 9.36. The van der Waals surface area contributed by atoms with Gasteiger partial charge in [-0.05, 0) is 11.1 Å². The first kappa shape index (κ1) is 12.4. The molecule has 6 heteroatoms. The van der Waals surface area contributed by atoms with Crippen molar-refractivity contribution in [2.45, 2.75) is 37.6 Å². The van der Waals surface area contributed by atoms with Crippen molar-refractivity contribution < 1.29 is 14.2 Å². The van der Waals surface area contributed by atoms with Gasteiger partial charge in [0.25, 0.3) is 0 Å². The Balaban J connectivity index is 1.66. The molecule has 0 aliphatic carbocycles. The Morgan fingerprint density at radius 1 is 1.37 bits per heavy atom. The van der Waals surface area contributed by atoms with E-state index in [1.165, 1.54) is 0 Å². The highest BCUT2D eigenvalue weighted by Crippen LogP contribution is 2.31. The quantitative estimate of drug-likeness (QED) is 0.474. The van der Waals surface area contributed by atoms with E-state index in [0.717, 1.165) is 5.56 Å². The molecule has 0 amide bonds. The summed E-state index contributed by atoms with van der Waals surface area (Å²) in [5.74, 6) is 0. The predicted molar refractivity (Wildman–Crippen MR) is 67.2 cm³/mol. The van der Waals surface area contributed by atoms with Crippen LogP contribution in [0.4, 0.5) is 0 Å². The van der Waals surface area contributed by atoms with Crippen LogP contribution < -0.4 is 0 Å². The fourth-order valence-electron chi connectivity index (χ4n) is 2.48. The molecule has 0 radical (unpaired) electrons. The van der Waals surface area contributed by atoms with Crippen LogP contribution in [0.1, 0.15) is 12.0 Å². The molecule has 6 nitrogen and oxygen atoms in total. The zero-order valence-corrected chi connectivity index (χ0v) is 10.4. The molecule has 2 bridgehead atoms. The minimum absolute atomic E-state index is 0.0518. The molecule has 3 rings (SSSR count). The summed E-state index contributed by atoms with van der Waals surface area (Å²) in [6.07, 6.45) is 0.140. The summed E-state index contributed by atoms with van der Waals surface area (Å²) in [5.41, 5.74) is 9.74. The Hall–Kier alpha value is -1.59. The summed E-state index contributed by atoms with van der Waals surface area (Å²) in [4.78, 5) is 2.87. The molecule has 2 heterocycles. The van der Waals surface area contributed by atoms with Crippen molar-refractivity contribution in [2.24, 2.45) is 5.11 Å². The van der Waals surface area contributed by atoms with Gasteiger partial charge in [0.05, 0.1) is 25.4 Å². The summed E-state index contributed by atoms with van der Waals surface area (Å²) >= 11 is 0. The highest BCUT2D eigenvalue weighted by Gasteiger charge is 2.44. The lowest BCUT2D eigenvalue weighted by atomic mass is 10.0. The van der Waals surface area contributed by atoms with Gasteiger partial charge in [-0.25, -0.2) is 0 Å². The van der Waals surface area contributed by atoms with Crippen molar-refractivity contribution in [1.29, 1.82) is 0 Å². The number of ether oxygens (including phenoxy) is 3. The van der Waals surface area contributed by atoms with Crippen LogP contribution in [-0.4, -0.2) is 31.1 Å². The normalized spacial score (nSPS) is 32.8. The van der Waals surface area contributed by atoms with E-state index in [-0.39, 0.29) is 12.2 Å². The van der Waals surface area contributed by atoms with Crippen LogP contribution in [0.3, 0.4) is 0 Å². The van der Waals surface area contributed by atoms with Gasteiger partial charge in [-0.2, -0.15) is 0 Å². The maximum absolute atomic E-state index is 8.64. The molecule has 1 aromatic rings. The molecular formula is C13H15N3O3. The van der Waals surface area contributed by atoms with E-state index in [1.54, 1.807) is 0 Å². The van der Waals surface area contributed by atoms with Gasteiger partial charge in [-0.3, -0.25) is 0 Å². The van der Waals surface area contributed by atoms with E-state index in [1.807, 2.05) is 30.3 Å². The highest BCUT2D eigenvalue weighted by molar-refractivity contribution is 5.13. The SMILES string of the molecule is [N-]=[N+]=N[C@H]1[C@@H]2OC[C@H](C[C@@H]1OCc1ccccc1)O2. The fourth-order valence-corrected chi connectivity index (χ4v) is 2.48. The molecule has 2 fully saturated rings. The van der Waals surface area contributed by atoms with Gasteiger partial charge in [-0.1, -0.05) is 35.4 Å². The van der Waals surface area contributed by atoms with Gasteiger partial charge in [0.2, 0.25) is 0 Å². The van der Waals surface area contributed by atoms with Crippen molar-refractivity contribution in [1.82, 2.24) is 0 Å². The largest absolute Gasteiger partial charge is 0.373 e. The summed E-state index contributed by atoms with van der Waals surface area (Å²) < 4.78 is 16.9. The zero-order valence-electron chi connectivity index (χ0n) is 10.4. The average molecular weight is 261 g/mol. The third-order valence-electron chi connectivity index (χ3n) is 3.42. The Morgan fingerprint density at radius 3 is 3.00 bits per heavy atom. The van der Waals surface area contributed by atoms with Crippen LogP contribution in [-0.2, 0) is 20.8 Å². The summed E-state index contributed by atoms with van der Waals surface area (Å²) in [7, 11) is 0. The molecule has 19 heavy (non-hydrogen) atoms. The van der Waals surface area contributed by atoms with Crippen LogP contribution in [0.25, 0.3) is 10.4 Å². The number of benzene rings is 1. The molecule has 1 aromatic carbocycles. The molecule has 0 spiro atoms. The molecule has 2 saturated heterocycles. The zero-order chi connectivity index (χ0) is 13.1. The lowest BCUT2D eigenvalue weighted by Gasteiger charge is -2.32. The topological polar surface area (TPSA) is 76.5 Å². The van der Waals surface area contributed by atoms with Crippen molar-refractivity contribution in [3.8, 4) is 0 Å². The number of fused-ring (bicyclic) bond motifs is 2. The first-order valence-corrected chi connectivity index (χ1v) is 6.33. The number of nitrogens with zero attached hydrogens (tertiary/aromatic N) is 3. The number of rotatable bonds is 4. The second-order valence-electron chi connectivity index (χ2n) is 4.73. The molecule has 4 atom stereocenters. The number of azide groups is 1. The van der Waals surface area contributed by atoms with E-state index in [0.29, 0.717) is 19.6 Å². The number of hydrogen-bond acceptors (Lipinski definition) is 4.